The van der Waals surface area contributed by atoms with Gasteiger partial charge in [0.25, 0.3) is 0 Å². The molecular weight excluding hydrogens is 486 g/mol. The third-order valence-electron chi connectivity index (χ3n) is 8.17. The van der Waals surface area contributed by atoms with E-state index < -0.39 is 0 Å². The number of benzene rings is 1. The molecule has 1 saturated heterocycles. The molecule has 1 aromatic heterocycles. The van der Waals surface area contributed by atoms with Crippen LogP contribution >= 0.6 is 0 Å². The highest BCUT2D eigenvalue weighted by molar-refractivity contribution is 5.74. The van der Waals surface area contributed by atoms with E-state index in [0.717, 1.165) is 62.4 Å². The molecule has 1 aliphatic rings. The van der Waals surface area contributed by atoms with Crippen molar-refractivity contribution in [3.8, 4) is 11.5 Å². The quantitative estimate of drug-likeness (QED) is 0.258. The van der Waals surface area contributed by atoms with Gasteiger partial charge in [-0.25, -0.2) is 0 Å². The first-order valence-corrected chi connectivity index (χ1v) is 13.9. The normalized spacial score (nSPS) is 16.4. The topological polar surface area (TPSA) is 54.9 Å². The number of rotatable bonds is 11. The standard InChI is InChI=1S/C33H45N3O3/c1-8-10-12-29(28-13-11-18-34-23-28)24-36-19-16-33(17-20-36,35(5)26(4)37)25(3)14-15-31-27(9-2)21-30(38-6)22-32(31)39-7/h8,10-14,18,21-23H,9,15-17,19-20,24H2,1-7H3/b10-8-,25-14+,29-12-. The Balaban J connectivity index is 1.85. The van der Waals surface area contributed by atoms with E-state index in [1.807, 2.05) is 43.4 Å². The smallest absolute Gasteiger partial charge is 0.219 e. The minimum Gasteiger partial charge on any atom is -0.497 e. The highest BCUT2D eigenvalue weighted by Crippen LogP contribution is 2.37. The minimum absolute atomic E-state index is 0.0940. The van der Waals surface area contributed by atoms with Gasteiger partial charge >= 0.3 is 0 Å². The Labute approximate surface area is 235 Å². The summed E-state index contributed by atoms with van der Waals surface area (Å²) in [6.45, 7) is 10.7. The molecule has 6 heteroatoms. The second kappa shape index (κ2) is 14.1. The van der Waals surface area contributed by atoms with E-state index in [2.05, 4.69) is 60.2 Å². The molecule has 1 fully saturated rings. The lowest BCUT2D eigenvalue weighted by Crippen LogP contribution is -2.56. The van der Waals surface area contributed by atoms with Crippen molar-refractivity contribution in [2.75, 3.05) is 40.9 Å². The summed E-state index contributed by atoms with van der Waals surface area (Å²) in [7, 11) is 5.34. The Morgan fingerprint density at radius 3 is 2.49 bits per heavy atom. The molecule has 1 aliphatic heterocycles. The molecule has 6 nitrogen and oxygen atoms in total. The number of pyridine rings is 1. The first-order valence-electron chi connectivity index (χ1n) is 13.9. The van der Waals surface area contributed by atoms with Crippen LogP contribution in [0.2, 0.25) is 0 Å². The van der Waals surface area contributed by atoms with Crippen molar-refractivity contribution >= 4 is 11.5 Å². The number of aryl methyl sites for hydroxylation is 1. The molecule has 0 saturated carbocycles. The number of methoxy groups -OCH3 is 2. The number of carbonyl (C=O) groups excluding carboxylic acids is 1. The summed E-state index contributed by atoms with van der Waals surface area (Å²) in [6, 6.07) is 8.15. The Morgan fingerprint density at radius 2 is 1.92 bits per heavy atom. The molecule has 1 amide bonds. The lowest BCUT2D eigenvalue weighted by molar-refractivity contribution is -0.133. The van der Waals surface area contributed by atoms with Crippen molar-refractivity contribution in [1.29, 1.82) is 0 Å². The minimum atomic E-state index is -0.310. The molecule has 2 aromatic rings. The van der Waals surface area contributed by atoms with Gasteiger partial charge in [0, 0.05) is 57.6 Å². The number of carbonyl (C=O) groups is 1. The largest absolute Gasteiger partial charge is 0.497 e. The van der Waals surface area contributed by atoms with E-state index in [1.165, 1.54) is 22.3 Å². The Morgan fingerprint density at radius 1 is 1.18 bits per heavy atom. The van der Waals surface area contributed by atoms with Crippen molar-refractivity contribution in [2.45, 2.75) is 58.9 Å². The zero-order valence-corrected chi connectivity index (χ0v) is 24.8. The number of likely N-dealkylation sites (N-methyl/N-ethyl adjacent to an activating group) is 1. The molecule has 0 N–H and O–H groups in total. The first kappa shape index (κ1) is 30.2. The summed E-state index contributed by atoms with van der Waals surface area (Å²) in [5, 5.41) is 0. The van der Waals surface area contributed by atoms with Crippen LogP contribution in [0.1, 0.15) is 57.2 Å². The van der Waals surface area contributed by atoms with Crippen LogP contribution in [0.4, 0.5) is 0 Å². The maximum atomic E-state index is 12.7. The second-order valence-electron chi connectivity index (χ2n) is 10.3. The third-order valence-corrected chi connectivity index (χ3v) is 8.17. The lowest BCUT2D eigenvalue weighted by Gasteiger charge is -2.48. The van der Waals surface area contributed by atoms with Gasteiger partial charge in [-0.2, -0.15) is 0 Å². The highest BCUT2D eigenvalue weighted by atomic mass is 16.5. The lowest BCUT2D eigenvalue weighted by atomic mass is 9.78. The van der Waals surface area contributed by atoms with Crippen molar-refractivity contribution in [2.24, 2.45) is 0 Å². The van der Waals surface area contributed by atoms with Gasteiger partial charge in [0.05, 0.1) is 19.8 Å². The summed E-state index contributed by atoms with van der Waals surface area (Å²) in [5.74, 6) is 1.74. The fraction of sp³-hybridized carbons (Fsp3) is 0.455. The number of likely N-dealkylation sites (tertiary alicyclic amines) is 1. The van der Waals surface area contributed by atoms with Gasteiger partial charge in [-0.15, -0.1) is 0 Å². The molecular formula is C33H45N3O3. The van der Waals surface area contributed by atoms with Gasteiger partial charge in [-0.1, -0.05) is 42.9 Å². The van der Waals surface area contributed by atoms with Crippen molar-refractivity contribution in [3.05, 3.63) is 83.2 Å². The Kier molecular flexibility index (Phi) is 10.9. The molecule has 0 unspecified atom stereocenters. The van der Waals surface area contributed by atoms with Crippen LogP contribution in [0.5, 0.6) is 11.5 Å². The summed E-state index contributed by atoms with van der Waals surface area (Å²) in [4.78, 5) is 21.5. The number of aromatic nitrogens is 1. The maximum Gasteiger partial charge on any atom is 0.219 e. The zero-order chi connectivity index (χ0) is 28.4. The van der Waals surface area contributed by atoms with E-state index in [1.54, 1.807) is 21.1 Å². The van der Waals surface area contributed by atoms with Crippen LogP contribution in [0, 0.1) is 0 Å². The average Bonchev–Trinajstić information content (AvgIpc) is 2.97. The average molecular weight is 532 g/mol. The zero-order valence-electron chi connectivity index (χ0n) is 24.8. The van der Waals surface area contributed by atoms with E-state index >= 15 is 0 Å². The molecule has 0 radical (unpaired) electrons. The highest BCUT2D eigenvalue weighted by Gasteiger charge is 2.41. The molecule has 2 heterocycles. The summed E-state index contributed by atoms with van der Waals surface area (Å²) in [6.07, 6.45) is 15.8. The van der Waals surface area contributed by atoms with E-state index in [-0.39, 0.29) is 11.4 Å². The van der Waals surface area contributed by atoms with Crippen molar-refractivity contribution < 1.29 is 14.3 Å². The number of amides is 1. The predicted octanol–water partition coefficient (Wildman–Crippen LogP) is 6.12. The van der Waals surface area contributed by atoms with Gasteiger partial charge in [0.15, 0.2) is 0 Å². The van der Waals surface area contributed by atoms with Crippen LogP contribution in [0.3, 0.4) is 0 Å². The van der Waals surface area contributed by atoms with Crippen LogP contribution in [-0.4, -0.2) is 67.1 Å². The first-order chi connectivity index (χ1) is 18.8. The summed E-state index contributed by atoms with van der Waals surface area (Å²) >= 11 is 0. The second-order valence-corrected chi connectivity index (χ2v) is 10.3. The molecule has 0 atom stereocenters. The monoisotopic (exact) mass is 531 g/mol. The van der Waals surface area contributed by atoms with Gasteiger partial charge in [-0.3, -0.25) is 14.7 Å². The number of ether oxygens (including phenoxy) is 2. The molecule has 0 bridgehead atoms. The van der Waals surface area contributed by atoms with Crippen molar-refractivity contribution in [3.63, 3.8) is 0 Å². The van der Waals surface area contributed by atoms with Gasteiger partial charge in [-0.05, 0) is 68.4 Å². The number of hydrogen-bond acceptors (Lipinski definition) is 5. The van der Waals surface area contributed by atoms with E-state index in [0.29, 0.717) is 0 Å². The fourth-order valence-corrected chi connectivity index (χ4v) is 5.59. The Hall–Kier alpha value is -3.38. The van der Waals surface area contributed by atoms with Gasteiger partial charge < -0.3 is 14.4 Å². The summed E-state index contributed by atoms with van der Waals surface area (Å²) < 4.78 is 11.2. The molecule has 210 valence electrons. The number of hydrogen-bond donors (Lipinski definition) is 0. The van der Waals surface area contributed by atoms with Crippen molar-refractivity contribution in [1.82, 2.24) is 14.8 Å². The van der Waals surface area contributed by atoms with Gasteiger partial charge in [0.2, 0.25) is 5.91 Å². The van der Waals surface area contributed by atoms with Crippen LogP contribution in [0.25, 0.3) is 5.57 Å². The number of nitrogens with zero attached hydrogens (tertiary/aromatic N) is 3. The van der Waals surface area contributed by atoms with Crippen LogP contribution < -0.4 is 9.47 Å². The van der Waals surface area contributed by atoms with Crippen LogP contribution in [-0.2, 0) is 17.6 Å². The van der Waals surface area contributed by atoms with Crippen LogP contribution in [0.15, 0.2) is 66.5 Å². The maximum absolute atomic E-state index is 12.7. The Bertz CT molecular complexity index is 1170. The van der Waals surface area contributed by atoms with E-state index in [9.17, 15) is 4.79 Å². The number of piperidine rings is 1. The number of allylic oxidation sites excluding steroid dienone is 4. The molecule has 0 aliphatic carbocycles. The fourth-order valence-electron chi connectivity index (χ4n) is 5.59. The molecule has 3 rings (SSSR count). The molecule has 0 spiro atoms. The van der Waals surface area contributed by atoms with E-state index in [4.69, 9.17) is 9.47 Å². The molecule has 1 aromatic carbocycles. The SMILES string of the molecule is C/C=C\C=C(\CN1CCC(/C(C)=C/Cc2c(CC)cc(OC)cc2OC)(N(C)C(C)=O)CC1)c1cccnc1. The predicted molar refractivity (Wildman–Crippen MR) is 160 cm³/mol. The summed E-state index contributed by atoms with van der Waals surface area (Å²) in [5.41, 5.74) is 5.71. The molecule has 39 heavy (non-hydrogen) atoms. The van der Waals surface area contributed by atoms with Gasteiger partial charge in [0.1, 0.15) is 11.5 Å². The third kappa shape index (κ3) is 7.18.